The zero-order chi connectivity index (χ0) is 13.3. The highest BCUT2D eigenvalue weighted by Gasteiger charge is 2.11. The van der Waals surface area contributed by atoms with Crippen LogP contribution in [0.5, 0.6) is 0 Å². The SMILES string of the molecule is CCOC(=O)Cn1c(=N)sc2c(C)cc(C)cc21. The van der Waals surface area contributed by atoms with Gasteiger partial charge in [-0.05, 0) is 38.0 Å². The van der Waals surface area contributed by atoms with Crippen LogP contribution in [-0.4, -0.2) is 17.1 Å². The van der Waals surface area contributed by atoms with E-state index >= 15 is 0 Å². The number of ether oxygens (including phenoxy) is 1. The first kappa shape index (κ1) is 12.8. The van der Waals surface area contributed by atoms with Crippen molar-refractivity contribution in [3.63, 3.8) is 0 Å². The van der Waals surface area contributed by atoms with Gasteiger partial charge in [-0.15, -0.1) is 0 Å². The summed E-state index contributed by atoms with van der Waals surface area (Å²) in [6, 6.07) is 4.10. The number of nitrogens with zero attached hydrogens (tertiary/aromatic N) is 1. The molecule has 0 aliphatic carbocycles. The number of hydrogen-bond acceptors (Lipinski definition) is 4. The van der Waals surface area contributed by atoms with Crippen LogP contribution in [0, 0.1) is 19.3 Å². The number of rotatable bonds is 3. The standard InChI is InChI=1S/C13H16N2O2S/c1-4-17-11(16)7-15-10-6-8(2)5-9(3)12(10)18-13(15)14/h5-6,14H,4,7H2,1-3H3. The average Bonchev–Trinajstić information content (AvgIpc) is 2.58. The van der Waals surface area contributed by atoms with Gasteiger partial charge in [-0.3, -0.25) is 10.2 Å². The van der Waals surface area contributed by atoms with Crippen molar-refractivity contribution in [2.45, 2.75) is 27.3 Å². The monoisotopic (exact) mass is 264 g/mol. The normalized spacial score (nSPS) is 10.8. The number of nitrogens with one attached hydrogen (secondary N) is 1. The highest BCUT2D eigenvalue weighted by atomic mass is 32.1. The third kappa shape index (κ3) is 2.31. The zero-order valence-corrected chi connectivity index (χ0v) is 11.6. The highest BCUT2D eigenvalue weighted by molar-refractivity contribution is 7.16. The highest BCUT2D eigenvalue weighted by Crippen LogP contribution is 2.23. The molecule has 5 heteroatoms. The van der Waals surface area contributed by atoms with Crippen LogP contribution in [0.2, 0.25) is 0 Å². The molecule has 0 amide bonds. The molecule has 0 aliphatic heterocycles. The number of aromatic nitrogens is 1. The van der Waals surface area contributed by atoms with Crippen LogP contribution in [-0.2, 0) is 16.1 Å². The molecule has 0 fully saturated rings. The molecule has 1 heterocycles. The maximum Gasteiger partial charge on any atom is 0.326 e. The summed E-state index contributed by atoms with van der Waals surface area (Å²) >= 11 is 1.40. The van der Waals surface area contributed by atoms with E-state index in [0.29, 0.717) is 11.4 Å². The minimum Gasteiger partial charge on any atom is -0.465 e. The summed E-state index contributed by atoms with van der Waals surface area (Å²) in [5, 5.41) is 7.97. The molecule has 0 saturated heterocycles. The molecule has 0 saturated carbocycles. The summed E-state index contributed by atoms with van der Waals surface area (Å²) in [5.74, 6) is -0.296. The molecular weight excluding hydrogens is 248 g/mol. The average molecular weight is 264 g/mol. The maximum absolute atomic E-state index is 11.6. The minimum absolute atomic E-state index is 0.107. The second-order valence-electron chi connectivity index (χ2n) is 4.23. The van der Waals surface area contributed by atoms with Gasteiger partial charge in [0.15, 0.2) is 4.80 Å². The molecule has 0 unspecified atom stereocenters. The fourth-order valence-electron chi connectivity index (χ4n) is 2.02. The molecule has 1 aromatic heterocycles. The second-order valence-corrected chi connectivity index (χ2v) is 5.23. The van der Waals surface area contributed by atoms with E-state index in [1.807, 2.05) is 19.9 Å². The first-order chi connectivity index (χ1) is 8.52. The molecule has 2 rings (SSSR count). The molecule has 1 N–H and O–H groups in total. The van der Waals surface area contributed by atoms with Crippen molar-refractivity contribution < 1.29 is 9.53 Å². The second kappa shape index (κ2) is 4.94. The number of esters is 1. The molecule has 0 aliphatic rings. The van der Waals surface area contributed by atoms with E-state index < -0.39 is 0 Å². The van der Waals surface area contributed by atoms with Crippen LogP contribution in [0.1, 0.15) is 18.1 Å². The van der Waals surface area contributed by atoms with Crippen LogP contribution in [0.4, 0.5) is 0 Å². The molecule has 0 atom stereocenters. The van der Waals surface area contributed by atoms with Crippen LogP contribution < -0.4 is 4.80 Å². The maximum atomic E-state index is 11.6. The number of benzene rings is 1. The smallest absolute Gasteiger partial charge is 0.326 e. The lowest BCUT2D eigenvalue weighted by Crippen LogP contribution is -2.21. The van der Waals surface area contributed by atoms with Crippen molar-refractivity contribution in [1.29, 1.82) is 5.41 Å². The van der Waals surface area contributed by atoms with E-state index in [-0.39, 0.29) is 12.5 Å². The van der Waals surface area contributed by atoms with Crippen molar-refractivity contribution in [1.82, 2.24) is 4.57 Å². The van der Waals surface area contributed by atoms with Gasteiger partial charge < -0.3 is 9.30 Å². The third-order valence-electron chi connectivity index (χ3n) is 2.73. The summed E-state index contributed by atoms with van der Waals surface area (Å²) in [5.41, 5.74) is 3.22. The summed E-state index contributed by atoms with van der Waals surface area (Å²) < 4.78 is 7.71. The zero-order valence-electron chi connectivity index (χ0n) is 10.7. The molecule has 4 nitrogen and oxygen atoms in total. The fraction of sp³-hybridized carbons (Fsp3) is 0.385. The Bertz CT molecular complexity index is 655. The van der Waals surface area contributed by atoms with E-state index in [4.69, 9.17) is 10.1 Å². The van der Waals surface area contributed by atoms with Gasteiger partial charge in [0, 0.05) is 0 Å². The molecule has 96 valence electrons. The van der Waals surface area contributed by atoms with Crippen molar-refractivity contribution in [2.24, 2.45) is 0 Å². The van der Waals surface area contributed by atoms with Gasteiger partial charge in [-0.1, -0.05) is 17.4 Å². The molecule has 2 aromatic rings. The Labute approximate surface area is 109 Å². The molecule has 18 heavy (non-hydrogen) atoms. The topological polar surface area (TPSA) is 55.1 Å². The third-order valence-corrected chi connectivity index (χ3v) is 3.88. The number of carbonyl (C=O) groups is 1. The summed E-state index contributed by atoms with van der Waals surface area (Å²) in [4.78, 5) is 11.9. The largest absolute Gasteiger partial charge is 0.465 e. The van der Waals surface area contributed by atoms with E-state index in [9.17, 15) is 4.79 Å². The first-order valence-corrected chi connectivity index (χ1v) is 6.65. The predicted molar refractivity (Wildman–Crippen MR) is 71.8 cm³/mol. The number of hydrogen-bond donors (Lipinski definition) is 1. The first-order valence-electron chi connectivity index (χ1n) is 5.83. The Hall–Kier alpha value is -1.62. The van der Waals surface area contributed by atoms with Crippen LogP contribution in [0.25, 0.3) is 10.2 Å². The molecule has 0 bridgehead atoms. The summed E-state index contributed by atoms with van der Waals surface area (Å²) in [7, 11) is 0. The lowest BCUT2D eigenvalue weighted by atomic mass is 10.1. The van der Waals surface area contributed by atoms with E-state index in [1.165, 1.54) is 11.3 Å². The van der Waals surface area contributed by atoms with E-state index in [0.717, 1.165) is 21.3 Å². The van der Waals surface area contributed by atoms with E-state index in [1.54, 1.807) is 11.5 Å². The Morgan fingerprint density at radius 2 is 2.17 bits per heavy atom. The van der Waals surface area contributed by atoms with Crippen molar-refractivity contribution in [2.75, 3.05) is 6.61 Å². The Morgan fingerprint density at radius 1 is 1.44 bits per heavy atom. The summed E-state index contributed by atoms with van der Waals surface area (Å²) in [6.07, 6.45) is 0. The molecule has 1 aromatic carbocycles. The van der Waals surface area contributed by atoms with Gasteiger partial charge in [-0.2, -0.15) is 0 Å². The van der Waals surface area contributed by atoms with Gasteiger partial charge >= 0.3 is 5.97 Å². The van der Waals surface area contributed by atoms with Gasteiger partial charge in [0.1, 0.15) is 6.54 Å². The minimum atomic E-state index is -0.296. The van der Waals surface area contributed by atoms with Crippen LogP contribution in [0.3, 0.4) is 0 Å². The molecule has 0 radical (unpaired) electrons. The summed E-state index contributed by atoms with van der Waals surface area (Å²) in [6.45, 7) is 6.30. The molecule has 0 spiro atoms. The van der Waals surface area contributed by atoms with Gasteiger partial charge in [-0.25, -0.2) is 0 Å². The Kier molecular flexibility index (Phi) is 3.52. The predicted octanol–water partition coefficient (Wildman–Crippen LogP) is 2.36. The van der Waals surface area contributed by atoms with Crippen molar-refractivity contribution in [3.05, 3.63) is 28.1 Å². The Balaban J connectivity index is 2.53. The van der Waals surface area contributed by atoms with Gasteiger partial charge in [0.25, 0.3) is 0 Å². The van der Waals surface area contributed by atoms with Crippen LogP contribution in [0.15, 0.2) is 12.1 Å². The number of carbonyl (C=O) groups excluding carboxylic acids is 1. The van der Waals surface area contributed by atoms with Gasteiger partial charge in [0.2, 0.25) is 0 Å². The van der Waals surface area contributed by atoms with Crippen molar-refractivity contribution in [3.8, 4) is 0 Å². The number of aryl methyl sites for hydroxylation is 2. The Morgan fingerprint density at radius 3 is 2.83 bits per heavy atom. The quantitative estimate of drug-likeness (QED) is 0.865. The van der Waals surface area contributed by atoms with Gasteiger partial charge in [0.05, 0.1) is 16.8 Å². The molecular formula is C13H16N2O2S. The number of fused-ring (bicyclic) bond motifs is 1. The lowest BCUT2D eigenvalue weighted by Gasteiger charge is -2.06. The number of thiazole rings is 1. The van der Waals surface area contributed by atoms with E-state index in [2.05, 4.69) is 6.07 Å². The van der Waals surface area contributed by atoms with Crippen LogP contribution >= 0.6 is 11.3 Å². The van der Waals surface area contributed by atoms with Crippen molar-refractivity contribution >= 4 is 27.5 Å². The fourth-order valence-corrected chi connectivity index (χ4v) is 2.98. The lowest BCUT2D eigenvalue weighted by molar-refractivity contribution is -0.143.